The highest BCUT2D eigenvalue weighted by molar-refractivity contribution is 6.09. The molecule has 3 rings (SSSR count). The van der Waals surface area contributed by atoms with Crippen LogP contribution in [0.1, 0.15) is 32.8 Å². The first-order valence-corrected chi connectivity index (χ1v) is 8.01. The van der Waals surface area contributed by atoms with Crippen LogP contribution in [0.25, 0.3) is 0 Å². The summed E-state index contributed by atoms with van der Waals surface area (Å²) in [6.45, 7) is 7.04. The fourth-order valence-electron chi connectivity index (χ4n) is 3.11. The van der Waals surface area contributed by atoms with Crippen LogP contribution in [0.2, 0.25) is 0 Å². The van der Waals surface area contributed by atoms with Crippen molar-refractivity contribution in [2.75, 3.05) is 18.0 Å². The largest absolute Gasteiger partial charge is 0.337 e. The van der Waals surface area contributed by atoms with Gasteiger partial charge in [-0.15, -0.1) is 0 Å². The summed E-state index contributed by atoms with van der Waals surface area (Å²) in [6, 6.07) is 6.50. The first kappa shape index (κ1) is 16.3. The molecule has 5 amide bonds. The average Bonchev–Trinajstić information content (AvgIpc) is 2.79. The van der Waals surface area contributed by atoms with Gasteiger partial charge in [-0.3, -0.25) is 15.0 Å². The summed E-state index contributed by atoms with van der Waals surface area (Å²) in [7, 11) is 0. The zero-order valence-electron chi connectivity index (χ0n) is 14.1. The molecule has 128 valence electrons. The number of hydrogen-bond donors (Lipinski definition) is 3. The van der Waals surface area contributed by atoms with Crippen molar-refractivity contribution in [2.24, 2.45) is 5.41 Å². The standard InChI is InChI=1S/C17H22N4O3/c1-16(2,3)10-18-15(24)21-9-8-17(13(22)19-14(23)20-17)11-6-4-5-7-12(11)21/h4-7H,8-10H2,1-3H3,(H,18,24)(H2,19,20,22,23). The number of amides is 5. The van der Waals surface area contributed by atoms with E-state index in [1.807, 2.05) is 26.8 Å². The minimum absolute atomic E-state index is 0.0223. The summed E-state index contributed by atoms with van der Waals surface area (Å²) in [4.78, 5) is 38.2. The van der Waals surface area contributed by atoms with E-state index in [2.05, 4.69) is 16.0 Å². The van der Waals surface area contributed by atoms with Crippen molar-refractivity contribution >= 4 is 23.7 Å². The van der Waals surface area contributed by atoms with Gasteiger partial charge in [0, 0.05) is 25.1 Å². The monoisotopic (exact) mass is 330 g/mol. The van der Waals surface area contributed by atoms with Crippen molar-refractivity contribution in [3.63, 3.8) is 0 Å². The number of hydrogen-bond acceptors (Lipinski definition) is 3. The lowest BCUT2D eigenvalue weighted by Gasteiger charge is -2.39. The van der Waals surface area contributed by atoms with Crippen LogP contribution >= 0.6 is 0 Å². The van der Waals surface area contributed by atoms with Gasteiger partial charge in [0.25, 0.3) is 5.91 Å². The molecule has 1 atom stereocenters. The van der Waals surface area contributed by atoms with Gasteiger partial charge >= 0.3 is 12.1 Å². The molecular weight excluding hydrogens is 308 g/mol. The van der Waals surface area contributed by atoms with Gasteiger partial charge in [-0.05, 0) is 11.5 Å². The van der Waals surface area contributed by atoms with E-state index in [1.165, 1.54) is 0 Å². The van der Waals surface area contributed by atoms with Crippen molar-refractivity contribution in [2.45, 2.75) is 32.7 Å². The first-order chi connectivity index (χ1) is 11.2. The van der Waals surface area contributed by atoms with E-state index in [1.54, 1.807) is 23.1 Å². The number of carbonyl (C=O) groups excluding carboxylic acids is 3. The Kier molecular flexibility index (Phi) is 3.74. The molecule has 0 bridgehead atoms. The Hall–Kier alpha value is -2.57. The summed E-state index contributed by atoms with van der Waals surface area (Å²) in [5.41, 5.74) is 0.179. The van der Waals surface area contributed by atoms with Crippen LogP contribution in [0.3, 0.4) is 0 Å². The molecular formula is C17H22N4O3. The van der Waals surface area contributed by atoms with Crippen LogP contribution < -0.4 is 20.9 Å². The topological polar surface area (TPSA) is 90.5 Å². The van der Waals surface area contributed by atoms with Crippen molar-refractivity contribution < 1.29 is 14.4 Å². The molecule has 24 heavy (non-hydrogen) atoms. The molecule has 0 radical (unpaired) electrons. The van der Waals surface area contributed by atoms with E-state index in [0.29, 0.717) is 30.8 Å². The molecule has 1 fully saturated rings. The van der Waals surface area contributed by atoms with Crippen molar-refractivity contribution in [1.29, 1.82) is 0 Å². The maximum atomic E-state index is 12.6. The van der Waals surface area contributed by atoms with Gasteiger partial charge < -0.3 is 10.6 Å². The summed E-state index contributed by atoms with van der Waals surface area (Å²) in [6.07, 6.45) is 0.338. The Morgan fingerprint density at radius 3 is 2.62 bits per heavy atom. The molecule has 2 heterocycles. The Morgan fingerprint density at radius 2 is 2.00 bits per heavy atom. The molecule has 7 nitrogen and oxygen atoms in total. The number of anilines is 1. The van der Waals surface area contributed by atoms with Crippen LogP contribution in [0.5, 0.6) is 0 Å². The highest BCUT2D eigenvalue weighted by Gasteiger charge is 2.51. The summed E-state index contributed by atoms with van der Waals surface area (Å²) < 4.78 is 0. The molecule has 0 aliphatic carbocycles. The number of benzene rings is 1. The lowest BCUT2D eigenvalue weighted by molar-refractivity contribution is -0.124. The lowest BCUT2D eigenvalue weighted by Crippen LogP contribution is -2.54. The van der Waals surface area contributed by atoms with Gasteiger partial charge in [0.1, 0.15) is 5.54 Å². The molecule has 2 aliphatic rings. The minimum atomic E-state index is -1.09. The zero-order chi connectivity index (χ0) is 17.5. The molecule has 2 aliphatic heterocycles. The van der Waals surface area contributed by atoms with Crippen LogP contribution in [0.15, 0.2) is 24.3 Å². The maximum Gasteiger partial charge on any atom is 0.322 e. The molecule has 1 aromatic carbocycles. The molecule has 0 aromatic heterocycles. The Bertz CT molecular complexity index is 710. The molecule has 1 unspecified atom stereocenters. The van der Waals surface area contributed by atoms with E-state index < -0.39 is 11.6 Å². The fourth-order valence-corrected chi connectivity index (χ4v) is 3.11. The number of nitrogens with zero attached hydrogens (tertiary/aromatic N) is 1. The number of carbonyl (C=O) groups is 3. The van der Waals surface area contributed by atoms with Gasteiger partial charge in [-0.1, -0.05) is 39.0 Å². The minimum Gasteiger partial charge on any atom is -0.337 e. The van der Waals surface area contributed by atoms with Gasteiger partial charge in [0.2, 0.25) is 0 Å². The second kappa shape index (κ2) is 5.51. The Labute approximate surface area is 140 Å². The van der Waals surface area contributed by atoms with Crippen molar-refractivity contribution in [1.82, 2.24) is 16.0 Å². The third-order valence-corrected chi connectivity index (χ3v) is 4.32. The second-order valence-electron chi connectivity index (χ2n) is 7.45. The quantitative estimate of drug-likeness (QED) is 0.684. The van der Waals surface area contributed by atoms with Crippen LogP contribution in [0.4, 0.5) is 15.3 Å². The van der Waals surface area contributed by atoms with Gasteiger partial charge in [0.15, 0.2) is 0 Å². The van der Waals surface area contributed by atoms with E-state index in [4.69, 9.17) is 0 Å². The molecule has 1 saturated heterocycles. The normalized spacial score (nSPS) is 22.9. The van der Waals surface area contributed by atoms with Crippen LogP contribution in [0, 0.1) is 5.41 Å². The third kappa shape index (κ3) is 2.70. The van der Waals surface area contributed by atoms with E-state index in [-0.39, 0.29) is 17.4 Å². The Morgan fingerprint density at radius 1 is 1.29 bits per heavy atom. The molecule has 1 aromatic rings. The molecule has 3 N–H and O–H groups in total. The number of nitrogens with one attached hydrogen (secondary N) is 3. The summed E-state index contributed by atoms with van der Waals surface area (Å²) in [5.74, 6) is -0.366. The maximum absolute atomic E-state index is 12.6. The fraction of sp³-hybridized carbons (Fsp3) is 0.471. The van der Waals surface area contributed by atoms with Crippen LogP contribution in [-0.4, -0.2) is 31.1 Å². The van der Waals surface area contributed by atoms with Gasteiger partial charge in [-0.25, -0.2) is 9.59 Å². The average molecular weight is 330 g/mol. The van der Waals surface area contributed by atoms with Gasteiger partial charge in [-0.2, -0.15) is 0 Å². The number of fused-ring (bicyclic) bond motifs is 2. The number of rotatable bonds is 1. The second-order valence-corrected chi connectivity index (χ2v) is 7.45. The number of para-hydroxylation sites is 1. The van der Waals surface area contributed by atoms with Crippen molar-refractivity contribution in [3.05, 3.63) is 29.8 Å². The molecule has 1 spiro atoms. The lowest BCUT2D eigenvalue weighted by atomic mass is 9.82. The summed E-state index contributed by atoms with van der Waals surface area (Å²) >= 11 is 0. The third-order valence-electron chi connectivity index (χ3n) is 4.32. The smallest absolute Gasteiger partial charge is 0.322 e. The molecule has 7 heteroatoms. The number of urea groups is 2. The van der Waals surface area contributed by atoms with Crippen LogP contribution in [-0.2, 0) is 10.3 Å². The van der Waals surface area contributed by atoms with Gasteiger partial charge in [0.05, 0.1) is 5.69 Å². The SMILES string of the molecule is CC(C)(C)CNC(=O)N1CCC2(NC(=O)NC2=O)c2ccccc21. The van der Waals surface area contributed by atoms with E-state index in [9.17, 15) is 14.4 Å². The predicted molar refractivity (Wildman–Crippen MR) is 89.6 cm³/mol. The Balaban J connectivity index is 1.92. The number of imide groups is 1. The zero-order valence-corrected chi connectivity index (χ0v) is 14.1. The highest BCUT2D eigenvalue weighted by Crippen LogP contribution is 2.40. The van der Waals surface area contributed by atoms with E-state index in [0.717, 1.165) is 0 Å². The first-order valence-electron chi connectivity index (χ1n) is 8.01. The predicted octanol–water partition coefficient (Wildman–Crippen LogP) is 1.69. The highest BCUT2D eigenvalue weighted by atomic mass is 16.2. The van der Waals surface area contributed by atoms with E-state index >= 15 is 0 Å². The molecule has 0 saturated carbocycles. The summed E-state index contributed by atoms with van der Waals surface area (Å²) in [5, 5.41) is 7.96. The van der Waals surface area contributed by atoms with Crippen molar-refractivity contribution in [3.8, 4) is 0 Å².